The van der Waals surface area contributed by atoms with Gasteiger partial charge in [-0.1, -0.05) is 6.92 Å². The lowest BCUT2D eigenvalue weighted by Gasteiger charge is -2.13. The van der Waals surface area contributed by atoms with Gasteiger partial charge >= 0.3 is 0 Å². The van der Waals surface area contributed by atoms with Gasteiger partial charge in [-0.25, -0.2) is 9.37 Å². The number of anilines is 1. The molecule has 0 bridgehead atoms. The van der Waals surface area contributed by atoms with E-state index in [4.69, 9.17) is 0 Å². The number of hydrogen-bond donors (Lipinski definition) is 2. The highest BCUT2D eigenvalue weighted by Crippen LogP contribution is 2.17. The minimum Gasteiger partial charge on any atom is -0.346 e. The summed E-state index contributed by atoms with van der Waals surface area (Å²) in [6.07, 6.45) is 1.59. The molecule has 0 radical (unpaired) electrons. The van der Waals surface area contributed by atoms with E-state index >= 15 is 0 Å². The maximum atomic E-state index is 12.9. The van der Waals surface area contributed by atoms with Gasteiger partial charge in [-0.3, -0.25) is 14.4 Å². The standard InChI is InChI=1S/C17H15FN6O3/c1-2-10-5-14-23(8-13(25)21-12-4-3-9(18)6-19-12)15-11(7-20-16(15)26)17(27)24(14)22-10/h3-6H,2,7-8H2,1H3,(H,20,26)(H,19,21,25). The highest BCUT2D eigenvalue weighted by atomic mass is 19.1. The van der Waals surface area contributed by atoms with Crippen molar-refractivity contribution in [2.45, 2.75) is 26.4 Å². The molecule has 0 unspecified atom stereocenters. The van der Waals surface area contributed by atoms with Crippen LogP contribution in [0.1, 0.15) is 28.7 Å². The Morgan fingerprint density at radius 3 is 2.89 bits per heavy atom. The zero-order valence-corrected chi connectivity index (χ0v) is 14.3. The topological polar surface area (TPSA) is 110 Å². The van der Waals surface area contributed by atoms with Crippen LogP contribution in [0.25, 0.3) is 5.65 Å². The molecular formula is C17H15FN6O3. The van der Waals surface area contributed by atoms with Crippen LogP contribution >= 0.6 is 0 Å². The van der Waals surface area contributed by atoms with E-state index in [1.165, 1.54) is 21.2 Å². The quantitative estimate of drug-likeness (QED) is 0.694. The smallest absolute Gasteiger partial charge is 0.280 e. The monoisotopic (exact) mass is 370 g/mol. The number of pyridine rings is 1. The zero-order valence-electron chi connectivity index (χ0n) is 14.3. The van der Waals surface area contributed by atoms with Gasteiger partial charge in [0.1, 0.15) is 29.5 Å². The Hall–Kier alpha value is -3.56. The molecule has 10 heteroatoms. The van der Waals surface area contributed by atoms with E-state index in [0.29, 0.717) is 17.8 Å². The largest absolute Gasteiger partial charge is 0.346 e. The minimum absolute atomic E-state index is 0.0887. The fourth-order valence-electron chi connectivity index (χ4n) is 3.05. The summed E-state index contributed by atoms with van der Waals surface area (Å²) in [6, 6.07) is 4.19. The predicted octanol–water partition coefficient (Wildman–Crippen LogP) is 0.475. The molecule has 0 saturated carbocycles. The van der Waals surface area contributed by atoms with E-state index < -0.39 is 17.6 Å². The lowest BCUT2D eigenvalue weighted by atomic mass is 10.2. The first-order valence-corrected chi connectivity index (χ1v) is 8.32. The number of fused-ring (bicyclic) bond motifs is 2. The van der Waals surface area contributed by atoms with E-state index in [1.807, 2.05) is 6.92 Å². The van der Waals surface area contributed by atoms with E-state index in [1.54, 1.807) is 6.07 Å². The SMILES string of the molecule is CCc1cc2n(CC(=O)Nc3ccc(F)cn3)c3c(c(=O)n2n1)CNC3=O. The maximum absolute atomic E-state index is 12.9. The second kappa shape index (κ2) is 6.31. The number of carbonyl (C=O) groups is 2. The summed E-state index contributed by atoms with van der Waals surface area (Å²) >= 11 is 0. The maximum Gasteiger partial charge on any atom is 0.280 e. The number of nitrogens with one attached hydrogen (secondary N) is 2. The molecule has 0 spiro atoms. The van der Waals surface area contributed by atoms with Crippen molar-refractivity contribution in [3.8, 4) is 0 Å². The van der Waals surface area contributed by atoms with Gasteiger partial charge in [0, 0.05) is 6.07 Å². The third kappa shape index (κ3) is 2.84. The van der Waals surface area contributed by atoms with Crippen molar-refractivity contribution in [1.82, 2.24) is 24.5 Å². The van der Waals surface area contributed by atoms with Gasteiger partial charge in [-0.2, -0.15) is 9.61 Å². The molecule has 0 atom stereocenters. The molecule has 1 aliphatic rings. The lowest BCUT2D eigenvalue weighted by molar-refractivity contribution is -0.116. The molecular weight excluding hydrogens is 355 g/mol. The van der Waals surface area contributed by atoms with Crippen molar-refractivity contribution in [2.75, 3.05) is 5.32 Å². The summed E-state index contributed by atoms with van der Waals surface area (Å²) in [7, 11) is 0. The van der Waals surface area contributed by atoms with Crippen LogP contribution in [0.2, 0.25) is 0 Å². The summed E-state index contributed by atoms with van der Waals surface area (Å²) in [5, 5.41) is 9.40. The van der Waals surface area contributed by atoms with Crippen LogP contribution in [0.15, 0.2) is 29.2 Å². The van der Waals surface area contributed by atoms with Crippen molar-refractivity contribution in [3.63, 3.8) is 0 Å². The number of halogens is 1. The van der Waals surface area contributed by atoms with Crippen LogP contribution in [-0.2, 0) is 24.3 Å². The first-order valence-electron chi connectivity index (χ1n) is 8.32. The number of nitrogens with zero attached hydrogens (tertiary/aromatic N) is 4. The lowest BCUT2D eigenvalue weighted by Crippen LogP contribution is -2.29. The molecule has 3 aromatic heterocycles. The molecule has 4 heterocycles. The van der Waals surface area contributed by atoms with Crippen LogP contribution in [0.3, 0.4) is 0 Å². The molecule has 1 aliphatic heterocycles. The Labute approximate surface area is 151 Å². The molecule has 27 heavy (non-hydrogen) atoms. The van der Waals surface area contributed by atoms with Crippen molar-refractivity contribution >= 4 is 23.3 Å². The number of hydrogen-bond acceptors (Lipinski definition) is 5. The number of aryl methyl sites for hydroxylation is 1. The summed E-state index contributed by atoms with van der Waals surface area (Å²) in [5.74, 6) is -1.23. The van der Waals surface area contributed by atoms with Gasteiger partial charge in [0.05, 0.1) is 24.0 Å². The average Bonchev–Trinajstić information content (AvgIpc) is 3.25. The minimum atomic E-state index is -0.518. The van der Waals surface area contributed by atoms with Crippen LogP contribution in [0.4, 0.5) is 10.2 Å². The molecule has 0 aromatic carbocycles. The third-order valence-electron chi connectivity index (χ3n) is 4.32. The summed E-state index contributed by atoms with van der Waals surface area (Å²) < 4.78 is 15.6. The average molecular weight is 370 g/mol. The number of carbonyl (C=O) groups excluding carboxylic acids is 2. The van der Waals surface area contributed by atoms with Crippen molar-refractivity contribution in [3.05, 3.63) is 57.5 Å². The molecule has 0 aliphatic carbocycles. The van der Waals surface area contributed by atoms with Crippen molar-refractivity contribution in [1.29, 1.82) is 0 Å². The van der Waals surface area contributed by atoms with Gasteiger partial charge in [-0.15, -0.1) is 0 Å². The van der Waals surface area contributed by atoms with Crippen molar-refractivity contribution < 1.29 is 14.0 Å². The molecule has 0 saturated heterocycles. The first kappa shape index (κ1) is 16.9. The molecule has 2 amide bonds. The highest BCUT2D eigenvalue weighted by molar-refractivity contribution is 5.98. The molecule has 2 N–H and O–H groups in total. The molecule has 0 fully saturated rings. The Morgan fingerprint density at radius 1 is 1.37 bits per heavy atom. The van der Waals surface area contributed by atoms with Crippen LogP contribution in [0.5, 0.6) is 0 Å². The summed E-state index contributed by atoms with van der Waals surface area (Å²) in [5.41, 5.74) is 1.07. The third-order valence-corrected chi connectivity index (χ3v) is 4.32. The molecule has 138 valence electrons. The van der Waals surface area contributed by atoms with Gasteiger partial charge in [0.25, 0.3) is 11.5 Å². The van der Waals surface area contributed by atoms with Gasteiger partial charge in [0.2, 0.25) is 5.91 Å². The van der Waals surface area contributed by atoms with Gasteiger partial charge in [-0.05, 0) is 18.6 Å². The highest BCUT2D eigenvalue weighted by Gasteiger charge is 2.29. The molecule has 4 rings (SSSR count). The van der Waals surface area contributed by atoms with Crippen LogP contribution in [-0.4, -0.2) is 31.0 Å². The van der Waals surface area contributed by atoms with E-state index in [0.717, 1.165) is 6.20 Å². The molecule has 3 aromatic rings. The van der Waals surface area contributed by atoms with Crippen LogP contribution < -0.4 is 16.2 Å². The van der Waals surface area contributed by atoms with Gasteiger partial charge in [0.15, 0.2) is 0 Å². The zero-order chi connectivity index (χ0) is 19.1. The van der Waals surface area contributed by atoms with Crippen molar-refractivity contribution in [2.24, 2.45) is 0 Å². The number of aromatic nitrogens is 4. The second-order valence-electron chi connectivity index (χ2n) is 6.07. The van der Waals surface area contributed by atoms with Crippen LogP contribution in [0, 0.1) is 5.82 Å². The van der Waals surface area contributed by atoms with E-state index in [9.17, 15) is 18.8 Å². The van der Waals surface area contributed by atoms with E-state index in [2.05, 4.69) is 20.7 Å². The number of amides is 2. The predicted molar refractivity (Wildman–Crippen MR) is 92.8 cm³/mol. The molecule has 9 nitrogen and oxygen atoms in total. The Bertz CT molecular complexity index is 1130. The Balaban J connectivity index is 1.77. The fraction of sp³-hybridized carbons (Fsp3) is 0.235. The van der Waals surface area contributed by atoms with Gasteiger partial charge < -0.3 is 15.2 Å². The Morgan fingerprint density at radius 2 is 2.19 bits per heavy atom. The number of rotatable bonds is 4. The summed E-state index contributed by atoms with van der Waals surface area (Å²) in [6.45, 7) is 1.75. The van der Waals surface area contributed by atoms with E-state index in [-0.39, 0.29) is 35.7 Å². The fourth-order valence-corrected chi connectivity index (χ4v) is 3.05. The normalized spacial score (nSPS) is 12.9. The Kier molecular flexibility index (Phi) is 3.94. The first-order chi connectivity index (χ1) is 13.0. The summed E-state index contributed by atoms with van der Waals surface area (Å²) in [4.78, 5) is 41.1. The second-order valence-corrected chi connectivity index (χ2v) is 6.07.